The fourth-order valence-corrected chi connectivity index (χ4v) is 7.98. The highest BCUT2D eigenvalue weighted by molar-refractivity contribution is 5.94. The van der Waals surface area contributed by atoms with E-state index in [4.69, 9.17) is 4.74 Å². The highest BCUT2D eigenvalue weighted by Crippen LogP contribution is 2.49. The first-order valence-corrected chi connectivity index (χ1v) is 17.2. The minimum atomic E-state index is -4.71. The van der Waals surface area contributed by atoms with Crippen LogP contribution in [-0.2, 0) is 20.9 Å². The van der Waals surface area contributed by atoms with Crippen LogP contribution >= 0.6 is 0 Å². The molecule has 2 unspecified atom stereocenters. The van der Waals surface area contributed by atoms with Crippen LogP contribution in [0.5, 0.6) is 0 Å². The molecule has 3 atom stereocenters. The molecule has 9 nitrogen and oxygen atoms in total. The molecule has 0 bridgehead atoms. The molecule has 2 aliphatic carbocycles. The maximum absolute atomic E-state index is 13.7. The number of hydrogen-bond donors (Lipinski definition) is 1. The molecular weight excluding hydrogens is 656 g/mol. The van der Waals surface area contributed by atoms with Gasteiger partial charge in [-0.05, 0) is 55.9 Å². The summed E-state index contributed by atoms with van der Waals surface area (Å²) in [5.41, 5.74) is -2.12. The fourth-order valence-electron chi connectivity index (χ4n) is 7.98. The predicted molar refractivity (Wildman–Crippen MR) is 175 cm³/mol. The van der Waals surface area contributed by atoms with Crippen molar-refractivity contribution in [3.8, 4) is 0 Å². The van der Waals surface area contributed by atoms with Crippen molar-refractivity contribution in [3.05, 3.63) is 77.4 Å². The van der Waals surface area contributed by atoms with E-state index in [1.54, 1.807) is 27.9 Å². The Hall–Kier alpha value is -4.00. The van der Waals surface area contributed by atoms with Gasteiger partial charge in [-0.25, -0.2) is 4.39 Å². The molecule has 13 heteroatoms. The number of allylic oxidation sites excluding steroid dienone is 2. The molecule has 1 spiro atoms. The molecule has 1 N–H and O–H groups in total. The second-order valence-corrected chi connectivity index (χ2v) is 15.2. The number of carboxylic acid groups (broad SMARTS) is 1. The van der Waals surface area contributed by atoms with Crippen molar-refractivity contribution >= 4 is 17.8 Å². The Morgan fingerprint density at radius 1 is 1.02 bits per heavy atom. The van der Waals surface area contributed by atoms with Gasteiger partial charge in [0.2, 0.25) is 5.91 Å². The number of aliphatic carboxylic acids is 1. The Labute approximate surface area is 288 Å². The number of ether oxygens (including phenoxy) is 1. The summed E-state index contributed by atoms with van der Waals surface area (Å²) in [4.78, 5) is 42.0. The number of rotatable bonds is 10. The normalized spacial score (nSPS) is 24.4. The molecule has 2 saturated heterocycles. The van der Waals surface area contributed by atoms with E-state index in [-0.39, 0.29) is 62.3 Å². The van der Waals surface area contributed by atoms with E-state index in [0.717, 1.165) is 37.8 Å². The largest absolute Gasteiger partial charge is 0.481 e. The zero-order valence-electron chi connectivity index (χ0n) is 28.6. The van der Waals surface area contributed by atoms with Crippen molar-refractivity contribution in [2.75, 3.05) is 39.4 Å². The summed E-state index contributed by atoms with van der Waals surface area (Å²) in [6.45, 7) is 5.35. The summed E-state index contributed by atoms with van der Waals surface area (Å²) in [6.07, 6.45) is 7.26. The Morgan fingerprint density at radius 2 is 1.68 bits per heavy atom. The number of likely N-dealkylation sites (tertiary alicyclic amines) is 2. The van der Waals surface area contributed by atoms with E-state index < -0.39 is 34.3 Å². The minimum absolute atomic E-state index is 0.0686. The summed E-state index contributed by atoms with van der Waals surface area (Å²) >= 11 is 0. The van der Waals surface area contributed by atoms with Crippen molar-refractivity contribution in [2.24, 2.45) is 34.0 Å². The Balaban J connectivity index is 1.16. The van der Waals surface area contributed by atoms with E-state index >= 15 is 0 Å². The summed E-state index contributed by atoms with van der Waals surface area (Å²) in [5.74, 6) is -2.66. The van der Waals surface area contributed by atoms with Gasteiger partial charge >= 0.3 is 12.1 Å². The van der Waals surface area contributed by atoms with Crippen LogP contribution in [0.25, 0.3) is 0 Å². The first-order valence-electron chi connectivity index (χ1n) is 17.2. The first kappa shape index (κ1) is 35.8. The van der Waals surface area contributed by atoms with Gasteiger partial charge in [0.05, 0.1) is 36.9 Å². The SMILES string of the molecule is CC1C=CC(C2(C(=O)O)CCCC2)=CC1COC[C@@H]1CN(C(=O)c2cnn(Cc3ccc(F)cc3)c2)CC12CN(C(=O)C(C)(C)C(F)(F)F)C2. The van der Waals surface area contributed by atoms with Crippen LogP contribution in [0.3, 0.4) is 0 Å². The van der Waals surface area contributed by atoms with Gasteiger partial charge in [0.15, 0.2) is 0 Å². The van der Waals surface area contributed by atoms with Crippen LogP contribution in [0.15, 0.2) is 60.5 Å². The minimum Gasteiger partial charge on any atom is -0.481 e. The van der Waals surface area contributed by atoms with E-state index in [1.807, 2.05) is 25.2 Å². The molecule has 50 heavy (non-hydrogen) atoms. The fraction of sp³-hybridized carbons (Fsp3) is 0.568. The molecule has 4 aliphatic rings. The molecule has 1 saturated carbocycles. The van der Waals surface area contributed by atoms with Crippen LogP contribution in [0.4, 0.5) is 17.6 Å². The summed E-state index contributed by atoms with van der Waals surface area (Å²) in [6, 6.07) is 5.97. The first-order chi connectivity index (χ1) is 23.5. The third kappa shape index (κ3) is 6.60. The average molecular weight is 701 g/mol. The Morgan fingerprint density at radius 3 is 2.32 bits per heavy atom. The predicted octanol–water partition coefficient (Wildman–Crippen LogP) is 5.97. The molecule has 2 aliphatic heterocycles. The lowest BCUT2D eigenvalue weighted by Crippen LogP contribution is -2.66. The lowest BCUT2D eigenvalue weighted by atomic mass is 9.70. The van der Waals surface area contributed by atoms with Gasteiger partial charge in [0.25, 0.3) is 5.91 Å². The number of aromatic nitrogens is 2. The van der Waals surface area contributed by atoms with Crippen molar-refractivity contribution < 1.29 is 41.8 Å². The second-order valence-electron chi connectivity index (χ2n) is 15.2. The second kappa shape index (κ2) is 13.3. The molecule has 1 aromatic carbocycles. The number of carboxylic acids is 1. The lowest BCUT2D eigenvalue weighted by Gasteiger charge is -2.52. The number of hydrogen-bond acceptors (Lipinski definition) is 5. The van der Waals surface area contributed by atoms with Crippen LogP contribution in [0, 0.1) is 39.8 Å². The van der Waals surface area contributed by atoms with Crippen LogP contribution in [0.2, 0.25) is 0 Å². The van der Waals surface area contributed by atoms with Gasteiger partial charge in [-0.15, -0.1) is 0 Å². The molecule has 3 fully saturated rings. The number of alkyl halides is 3. The van der Waals surface area contributed by atoms with Crippen molar-refractivity contribution in [1.82, 2.24) is 19.6 Å². The molecule has 6 rings (SSSR count). The average Bonchev–Trinajstić information content (AvgIpc) is 3.81. The highest BCUT2D eigenvalue weighted by atomic mass is 19.4. The number of benzene rings is 1. The lowest BCUT2D eigenvalue weighted by molar-refractivity contribution is -0.223. The molecule has 3 heterocycles. The highest BCUT2D eigenvalue weighted by Gasteiger charge is 2.61. The van der Waals surface area contributed by atoms with Crippen LogP contribution in [-0.4, -0.2) is 88.0 Å². The number of nitrogens with zero attached hydrogens (tertiary/aromatic N) is 4. The molecule has 2 aromatic rings. The van der Waals surface area contributed by atoms with E-state index in [2.05, 4.69) is 5.10 Å². The van der Waals surface area contributed by atoms with E-state index in [9.17, 15) is 37.1 Å². The van der Waals surface area contributed by atoms with Crippen LogP contribution in [0.1, 0.15) is 62.4 Å². The smallest absolute Gasteiger partial charge is 0.402 e. The quantitative estimate of drug-likeness (QED) is 0.307. The topological polar surface area (TPSA) is 105 Å². The molecule has 270 valence electrons. The third-order valence-corrected chi connectivity index (χ3v) is 11.5. The van der Waals surface area contributed by atoms with Crippen molar-refractivity contribution in [1.29, 1.82) is 0 Å². The molecule has 0 radical (unpaired) electrons. The number of carbonyl (C=O) groups is 3. The standard InChI is InChI=1S/C37H44F4N4O5/c1-24-6-9-28(36(33(48)49)12-4-5-13-36)14-26(24)19-50-20-29-18-43(21-35(29)22-44(23-35)32(47)34(2,3)37(39,40)41)31(46)27-15-42-45(17-27)16-25-7-10-30(38)11-8-25/h6-11,14-15,17,24,26,29H,4-5,12-13,16,18-23H2,1-3H3,(H,48,49)/t24?,26?,29-/m0/s1. The Bertz CT molecular complexity index is 1670. The third-order valence-electron chi connectivity index (χ3n) is 11.5. The zero-order chi connectivity index (χ0) is 36.1. The number of carbonyl (C=O) groups excluding carboxylic acids is 2. The maximum Gasteiger partial charge on any atom is 0.402 e. The molecule has 1 aromatic heterocycles. The van der Waals surface area contributed by atoms with Gasteiger partial charge in [-0.2, -0.15) is 18.3 Å². The van der Waals surface area contributed by atoms with Gasteiger partial charge in [-0.3, -0.25) is 19.1 Å². The van der Waals surface area contributed by atoms with Gasteiger partial charge in [-0.1, -0.05) is 50.1 Å². The molecule has 2 amide bonds. The number of amides is 2. The van der Waals surface area contributed by atoms with Crippen LogP contribution < -0.4 is 0 Å². The summed E-state index contributed by atoms with van der Waals surface area (Å²) < 4.78 is 62.5. The van der Waals surface area contributed by atoms with E-state index in [0.29, 0.717) is 31.6 Å². The summed E-state index contributed by atoms with van der Waals surface area (Å²) in [5, 5.41) is 14.4. The molecular formula is C37H44F4N4O5. The number of halogens is 4. The maximum atomic E-state index is 13.7. The monoisotopic (exact) mass is 700 g/mol. The van der Waals surface area contributed by atoms with E-state index in [1.165, 1.54) is 23.2 Å². The van der Waals surface area contributed by atoms with Gasteiger partial charge < -0.3 is 19.6 Å². The van der Waals surface area contributed by atoms with Crippen molar-refractivity contribution in [3.63, 3.8) is 0 Å². The zero-order valence-corrected chi connectivity index (χ0v) is 28.6. The van der Waals surface area contributed by atoms with Gasteiger partial charge in [0, 0.05) is 49.6 Å². The summed E-state index contributed by atoms with van der Waals surface area (Å²) in [7, 11) is 0. The Kier molecular flexibility index (Phi) is 9.51. The van der Waals surface area contributed by atoms with Gasteiger partial charge in [0.1, 0.15) is 11.2 Å². The van der Waals surface area contributed by atoms with Crippen molar-refractivity contribution in [2.45, 2.75) is 59.2 Å².